The van der Waals surface area contributed by atoms with E-state index >= 15 is 0 Å². The second-order valence-electron chi connectivity index (χ2n) is 6.93. The van der Waals surface area contributed by atoms with Gasteiger partial charge >= 0.3 is 5.97 Å². The predicted octanol–water partition coefficient (Wildman–Crippen LogP) is 4.62. The van der Waals surface area contributed by atoms with Crippen molar-refractivity contribution in [3.8, 4) is 17.2 Å². The fourth-order valence-electron chi connectivity index (χ4n) is 3.47. The zero-order chi connectivity index (χ0) is 20.8. The van der Waals surface area contributed by atoms with Crippen molar-refractivity contribution in [1.29, 1.82) is 0 Å². The molecule has 6 heteroatoms. The van der Waals surface area contributed by atoms with Crippen molar-refractivity contribution in [1.82, 2.24) is 5.09 Å². The Balaban J connectivity index is 2.28. The number of carbonyl (C=O) groups excluding carboxylic acids is 1. The van der Waals surface area contributed by atoms with Gasteiger partial charge in [0.05, 0.1) is 14.2 Å². The maximum atomic E-state index is 12.0. The van der Waals surface area contributed by atoms with Crippen molar-refractivity contribution < 1.29 is 19.0 Å². The molecule has 0 heterocycles. The summed E-state index contributed by atoms with van der Waals surface area (Å²) >= 11 is 0. The molecule has 0 aliphatic carbocycles. The van der Waals surface area contributed by atoms with Gasteiger partial charge in [0.25, 0.3) is 0 Å². The summed E-state index contributed by atoms with van der Waals surface area (Å²) in [5.74, 6) is 2.27. The Bertz CT molecular complexity index is 804. The Labute approximate surface area is 169 Å². The number of aryl methyl sites for hydroxylation is 4. The molecule has 2 rings (SSSR count). The van der Waals surface area contributed by atoms with Crippen LogP contribution in [0, 0.1) is 27.7 Å². The van der Waals surface area contributed by atoms with Gasteiger partial charge in [0.15, 0.2) is 0 Å². The number of hydrogen-bond acceptors (Lipinski definition) is 5. The van der Waals surface area contributed by atoms with E-state index in [9.17, 15) is 4.79 Å². The van der Waals surface area contributed by atoms with Crippen LogP contribution in [-0.2, 0) is 16.0 Å². The minimum atomic E-state index is -0.342. The van der Waals surface area contributed by atoms with Crippen molar-refractivity contribution in [2.24, 2.45) is 0 Å². The van der Waals surface area contributed by atoms with Crippen LogP contribution >= 0.6 is 8.73 Å². The minimum Gasteiger partial charge on any atom is -0.496 e. The van der Waals surface area contributed by atoms with Crippen molar-refractivity contribution in [3.05, 3.63) is 52.1 Å². The minimum absolute atomic E-state index is 0.242. The van der Waals surface area contributed by atoms with E-state index < -0.39 is 0 Å². The lowest BCUT2D eigenvalue weighted by Gasteiger charge is -2.18. The molecule has 5 nitrogen and oxygen atoms in total. The standard InChI is InChI=1S/C22H30NO4P/c1-13-8-17(12-19(23-28-7)22(24)26-6)9-14(2)21(13)27-18-10-15(3)20(25-5)16(4)11-18/h8-11,19,23,28H,12H2,1-7H3. The molecule has 0 aliphatic heterocycles. The van der Waals surface area contributed by atoms with E-state index in [1.165, 1.54) is 7.11 Å². The molecule has 2 aromatic rings. The fraction of sp³-hybridized carbons (Fsp3) is 0.409. The summed E-state index contributed by atoms with van der Waals surface area (Å²) in [6.45, 7) is 10.1. The summed E-state index contributed by atoms with van der Waals surface area (Å²) in [7, 11) is 3.57. The second-order valence-corrected chi connectivity index (χ2v) is 7.71. The number of esters is 1. The number of methoxy groups -OCH3 is 2. The van der Waals surface area contributed by atoms with E-state index in [1.807, 2.05) is 46.5 Å². The molecular weight excluding hydrogens is 373 g/mol. The molecule has 152 valence electrons. The van der Waals surface area contributed by atoms with Crippen LogP contribution in [0.3, 0.4) is 0 Å². The number of nitrogens with one attached hydrogen (secondary N) is 1. The van der Waals surface area contributed by atoms with Crippen LogP contribution in [0.4, 0.5) is 0 Å². The molecule has 0 spiro atoms. The third-order valence-electron chi connectivity index (χ3n) is 4.62. The van der Waals surface area contributed by atoms with E-state index in [0.29, 0.717) is 15.2 Å². The molecule has 0 bridgehead atoms. The molecule has 2 atom stereocenters. The smallest absolute Gasteiger partial charge is 0.323 e. The zero-order valence-electron chi connectivity index (χ0n) is 17.7. The van der Waals surface area contributed by atoms with Gasteiger partial charge in [-0.25, -0.2) is 0 Å². The first-order valence-corrected chi connectivity index (χ1v) is 10.7. The largest absolute Gasteiger partial charge is 0.496 e. The van der Waals surface area contributed by atoms with Gasteiger partial charge in [0.1, 0.15) is 23.3 Å². The average Bonchev–Trinajstić information content (AvgIpc) is 2.63. The van der Waals surface area contributed by atoms with Crippen LogP contribution < -0.4 is 14.6 Å². The Morgan fingerprint density at radius 3 is 1.96 bits per heavy atom. The highest BCUT2D eigenvalue weighted by molar-refractivity contribution is 7.34. The monoisotopic (exact) mass is 403 g/mol. The number of ether oxygens (including phenoxy) is 3. The van der Waals surface area contributed by atoms with Crippen molar-refractivity contribution in [2.75, 3.05) is 20.9 Å². The highest BCUT2D eigenvalue weighted by Crippen LogP contribution is 2.34. The average molecular weight is 403 g/mol. The predicted molar refractivity (Wildman–Crippen MR) is 115 cm³/mol. The summed E-state index contributed by atoms with van der Waals surface area (Å²) in [6.07, 6.45) is 0.580. The van der Waals surface area contributed by atoms with Gasteiger partial charge in [-0.2, -0.15) is 0 Å². The molecule has 2 unspecified atom stereocenters. The molecular formula is C22H30NO4P. The Morgan fingerprint density at radius 2 is 1.50 bits per heavy atom. The molecule has 0 saturated carbocycles. The molecule has 0 aliphatic rings. The molecule has 0 amide bonds. The van der Waals surface area contributed by atoms with Crippen molar-refractivity contribution in [2.45, 2.75) is 40.2 Å². The molecule has 28 heavy (non-hydrogen) atoms. The first-order chi connectivity index (χ1) is 13.3. The molecule has 0 radical (unpaired) electrons. The van der Waals surface area contributed by atoms with Gasteiger partial charge in [-0.3, -0.25) is 9.88 Å². The third kappa shape index (κ3) is 5.24. The van der Waals surface area contributed by atoms with Crippen LogP contribution in [0.5, 0.6) is 17.2 Å². The quantitative estimate of drug-likeness (QED) is 0.515. The first kappa shape index (κ1) is 22.2. The van der Waals surface area contributed by atoms with Gasteiger partial charge in [-0.05, 0) is 80.7 Å². The van der Waals surface area contributed by atoms with E-state index in [-0.39, 0.29) is 12.0 Å². The summed E-state index contributed by atoms with van der Waals surface area (Å²) < 4.78 is 16.6. The normalized spacial score (nSPS) is 12.2. The van der Waals surface area contributed by atoms with Crippen molar-refractivity contribution in [3.63, 3.8) is 0 Å². The lowest BCUT2D eigenvalue weighted by molar-refractivity contribution is -0.142. The van der Waals surface area contributed by atoms with Gasteiger partial charge < -0.3 is 14.2 Å². The van der Waals surface area contributed by atoms with E-state index in [2.05, 4.69) is 17.2 Å². The van der Waals surface area contributed by atoms with Gasteiger partial charge in [0, 0.05) is 0 Å². The van der Waals surface area contributed by atoms with Crippen LogP contribution in [0.1, 0.15) is 27.8 Å². The Kier molecular flexibility index (Phi) is 7.85. The molecule has 1 N–H and O–H groups in total. The third-order valence-corrected chi connectivity index (χ3v) is 5.26. The fourth-order valence-corrected chi connectivity index (χ4v) is 4.04. The Morgan fingerprint density at radius 1 is 0.964 bits per heavy atom. The number of hydrogen-bond donors (Lipinski definition) is 1. The van der Waals surface area contributed by atoms with Gasteiger partial charge in [0.2, 0.25) is 0 Å². The maximum Gasteiger partial charge on any atom is 0.323 e. The van der Waals surface area contributed by atoms with Gasteiger partial charge in [-0.15, -0.1) is 0 Å². The summed E-state index contributed by atoms with van der Waals surface area (Å²) in [4.78, 5) is 12.0. The summed E-state index contributed by atoms with van der Waals surface area (Å²) in [5, 5.41) is 3.21. The lowest BCUT2D eigenvalue weighted by Crippen LogP contribution is -2.34. The maximum absolute atomic E-state index is 12.0. The molecule has 2 aromatic carbocycles. The van der Waals surface area contributed by atoms with E-state index in [4.69, 9.17) is 14.2 Å². The zero-order valence-corrected chi connectivity index (χ0v) is 18.7. The van der Waals surface area contributed by atoms with Crippen LogP contribution in [0.2, 0.25) is 0 Å². The second kappa shape index (κ2) is 9.90. The molecule has 0 fully saturated rings. The van der Waals surface area contributed by atoms with Crippen LogP contribution in [-0.4, -0.2) is 32.9 Å². The van der Waals surface area contributed by atoms with Crippen LogP contribution in [0.25, 0.3) is 0 Å². The van der Waals surface area contributed by atoms with Crippen molar-refractivity contribution >= 4 is 14.7 Å². The first-order valence-electron chi connectivity index (χ1n) is 9.24. The SMILES string of the molecule is COC(=O)C(Cc1cc(C)c(Oc2cc(C)c(OC)c(C)c2)c(C)c1)NPC. The topological polar surface area (TPSA) is 56.8 Å². The Hall–Kier alpha value is -2.10. The van der Waals surface area contributed by atoms with E-state index in [1.54, 1.807) is 7.11 Å². The van der Waals surface area contributed by atoms with E-state index in [0.717, 1.165) is 45.1 Å². The summed E-state index contributed by atoms with van der Waals surface area (Å²) in [6, 6.07) is 7.77. The number of benzene rings is 2. The summed E-state index contributed by atoms with van der Waals surface area (Å²) in [5.41, 5.74) is 5.21. The molecule has 0 aromatic heterocycles. The number of rotatable bonds is 8. The highest BCUT2D eigenvalue weighted by atomic mass is 31.1. The number of carbonyl (C=O) groups is 1. The van der Waals surface area contributed by atoms with Gasteiger partial charge in [-0.1, -0.05) is 20.9 Å². The molecule has 0 saturated heterocycles. The highest BCUT2D eigenvalue weighted by Gasteiger charge is 2.20. The van der Waals surface area contributed by atoms with Crippen LogP contribution in [0.15, 0.2) is 24.3 Å². The lowest BCUT2D eigenvalue weighted by atomic mass is 10.0.